The van der Waals surface area contributed by atoms with E-state index in [9.17, 15) is 9.90 Å². The highest BCUT2D eigenvalue weighted by atomic mass is 16.5. The van der Waals surface area contributed by atoms with Crippen molar-refractivity contribution in [2.24, 2.45) is 0 Å². The Kier molecular flexibility index (Phi) is 3.80. The van der Waals surface area contributed by atoms with Crippen LogP contribution in [-0.2, 0) is 4.79 Å². The van der Waals surface area contributed by atoms with E-state index in [2.05, 4.69) is 0 Å². The van der Waals surface area contributed by atoms with Gasteiger partial charge in [-0.1, -0.05) is 24.6 Å². The lowest BCUT2D eigenvalue weighted by Gasteiger charge is -2.45. The normalized spacial score (nSPS) is 16.9. The van der Waals surface area contributed by atoms with Crippen molar-refractivity contribution in [2.75, 3.05) is 19.7 Å². The highest BCUT2D eigenvalue weighted by Crippen LogP contribution is 2.24. The van der Waals surface area contributed by atoms with E-state index >= 15 is 0 Å². The van der Waals surface area contributed by atoms with E-state index in [1.54, 1.807) is 4.90 Å². The Labute approximate surface area is 114 Å². The predicted octanol–water partition coefficient (Wildman–Crippen LogP) is 1.67. The van der Waals surface area contributed by atoms with E-state index in [4.69, 9.17) is 4.74 Å². The van der Waals surface area contributed by atoms with E-state index in [0.717, 1.165) is 11.3 Å². The van der Waals surface area contributed by atoms with Crippen molar-refractivity contribution < 1.29 is 14.6 Å². The van der Waals surface area contributed by atoms with Crippen molar-refractivity contribution in [1.82, 2.24) is 4.90 Å². The minimum absolute atomic E-state index is 0.0314. The summed E-state index contributed by atoms with van der Waals surface area (Å²) in [6.45, 7) is 6.77. The van der Waals surface area contributed by atoms with Crippen LogP contribution < -0.4 is 4.74 Å². The van der Waals surface area contributed by atoms with Crippen LogP contribution in [0.15, 0.2) is 18.2 Å². The van der Waals surface area contributed by atoms with Gasteiger partial charge in [-0.25, -0.2) is 0 Å². The highest BCUT2D eigenvalue weighted by Gasteiger charge is 2.41. The van der Waals surface area contributed by atoms with Crippen LogP contribution in [0.5, 0.6) is 5.75 Å². The average molecular weight is 263 g/mol. The minimum Gasteiger partial charge on any atom is -0.484 e. The summed E-state index contributed by atoms with van der Waals surface area (Å²) in [5.41, 5.74) is 1.52. The molecule has 0 unspecified atom stereocenters. The summed E-state index contributed by atoms with van der Waals surface area (Å²) >= 11 is 0. The van der Waals surface area contributed by atoms with Crippen LogP contribution in [-0.4, -0.2) is 41.2 Å². The summed E-state index contributed by atoms with van der Waals surface area (Å²) in [5, 5.41) is 9.86. The number of carbonyl (C=O) groups is 1. The summed E-state index contributed by atoms with van der Waals surface area (Å²) in [5.74, 6) is 0.670. The molecule has 1 N–H and O–H groups in total. The molecule has 1 saturated heterocycles. The molecule has 0 spiro atoms. The zero-order valence-corrected chi connectivity index (χ0v) is 11.8. The van der Waals surface area contributed by atoms with Crippen molar-refractivity contribution in [1.29, 1.82) is 0 Å². The summed E-state index contributed by atoms with van der Waals surface area (Å²) in [6.07, 6.45) is 0.675. The number of hydrogen-bond donors (Lipinski definition) is 1. The van der Waals surface area contributed by atoms with Gasteiger partial charge < -0.3 is 14.7 Å². The van der Waals surface area contributed by atoms with Gasteiger partial charge in [0.15, 0.2) is 6.61 Å². The molecule has 4 nitrogen and oxygen atoms in total. The molecular formula is C15H21NO3. The molecule has 104 valence electrons. The first kappa shape index (κ1) is 13.9. The fourth-order valence-corrected chi connectivity index (χ4v) is 2.26. The number of hydrogen-bond acceptors (Lipinski definition) is 3. The molecule has 1 aliphatic heterocycles. The molecule has 1 heterocycles. The highest BCUT2D eigenvalue weighted by molar-refractivity contribution is 5.79. The van der Waals surface area contributed by atoms with Gasteiger partial charge in [0.2, 0.25) is 0 Å². The molecule has 0 radical (unpaired) electrons. The lowest BCUT2D eigenvalue weighted by molar-refractivity contribution is -0.157. The fourth-order valence-electron chi connectivity index (χ4n) is 2.26. The molecule has 0 atom stereocenters. The lowest BCUT2D eigenvalue weighted by atomic mass is 9.91. The summed E-state index contributed by atoms with van der Waals surface area (Å²) in [7, 11) is 0. The Morgan fingerprint density at radius 1 is 1.42 bits per heavy atom. The Morgan fingerprint density at radius 2 is 2.11 bits per heavy atom. The van der Waals surface area contributed by atoms with Gasteiger partial charge in [0, 0.05) is 0 Å². The van der Waals surface area contributed by atoms with Gasteiger partial charge in [-0.05, 0) is 31.9 Å². The van der Waals surface area contributed by atoms with Crippen LogP contribution in [0.3, 0.4) is 0 Å². The number of β-amino-alcohol motifs (C(OH)–C–C–N with tert-alkyl or cyclic N) is 1. The molecule has 0 aromatic heterocycles. The van der Waals surface area contributed by atoms with Gasteiger partial charge in [-0.2, -0.15) is 0 Å². The number of rotatable bonds is 4. The molecule has 1 aromatic carbocycles. The fraction of sp³-hybridized carbons (Fsp3) is 0.533. The molecule has 1 amide bonds. The predicted molar refractivity (Wildman–Crippen MR) is 73.2 cm³/mol. The smallest absolute Gasteiger partial charge is 0.260 e. The van der Waals surface area contributed by atoms with E-state index in [-0.39, 0.29) is 12.5 Å². The summed E-state index contributed by atoms with van der Waals surface area (Å²) < 4.78 is 5.54. The third-order valence-corrected chi connectivity index (χ3v) is 3.66. The zero-order valence-electron chi connectivity index (χ0n) is 11.8. The minimum atomic E-state index is -0.685. The average Bonchev–Trinajstić information content (AvgIpc) is 2.33. The van der Waals surface area contributed by atoms with E-state index in [1.165, 1.54) is 5.56 Å². The molecule has 19 heavy (non-hydrogen) atoms. The second kappa shape index (κ2) is 5.21. The van der Waals surface area contributed by atoms with Crippen LogP contribution in [0, 0.1) is 13.8 Å². The molecule has 2 rings (SSSR count). The summed E-state index contributed by atoms with van der Waals surface area (Å²) in [4.78, 5) is 13.5. The molecule has 4 heteroatoms. The Hall–Kier alpha value is -1.55. The largest absolute Gasteiger partial charge is 0.484 e. The first-order valence-electron chi connectivity index (χ1n) is 6.64. The summed E-state index contributed by atoms with van der Waals surface area (Å²) in [6, 6.07) is 5.88. The second-order valence-corrected chi connectivity index (χ2v) is 5.39. The number of carbonyl (C=O) groups excluding carboxylic acids is 1. The van der Waals surface area contributed by atoms with Crippen molar-refractivity contribution in [3.63, 3.8) is 0 Å². The van der Waals surface area contributed by atoms with E-state index in [1.807, 2.05) is 39.0 Å². The number of benzene rings is 1. The molecule has 1 aromatic rings. The van der Waals surface area contributed by atoms with Gasteiger partial charge in [0.25, 0.3) is 5.91 Å². The van der Waals surface area contributed by atoms with Crippen molar-refractivity contribution in [3.05, 3.63) is 29.3 Å². The molecule has 0 bridgehead atoms. The molecule has 0 aliphatic carbocycles. The van der Waals surface area contributed by atoms with Crippen LogP contribution in [0.25, 0.3) is 0 Å². The van der Waals surface area contributed by atoms with Crippen LogP contribution in [0.1, 0.15) is 24.5 Å². The number of amides is 1. The Morgan fingerprint density at radius 3 is 2.68 bits per heavy atom. The second-order valence-electron chi connectivity index (χ2n) is 5.39. The van der Waals surface area contributed by atoms with Gasteiger partial charge in [-0.15, -0.1) is 0 Å². The van der Waals surface area contributed by atoms with Crippen molar-refractivity contribution >= 4 is 5.91 Å². The van der Waals surface area contributed by atoms with Crippen LogP contribution in [0.4, 0.5) is 0 Å². The molecule has 0 saturated carbocycles. The Balaban J connectivity index is 1.85. The third-order valence-electron chi connectivity index (χ3n) is 3.66. The number of aliphatic hydroxyl groups is 1. The molecule has 1 fully saturated rings. The maximum Gasteiger partial charge on any atom is 0.260 e. The van der Waals surface area contributed by atoms with E-state index < -0.39 is 5.60 Å². The third kappa shape index (κ3) is 3.07. The van der Waals surface area contributed by atoms with Gasteiger partial charge in [-0.3, -0.25) is 4.79 Å². The number of likely N-dealkylation sites (tertiary alicyclic amines) is 1. The zero-order chi connectivity index (χ0) is 14.0. The Bertz CT molecular complexity index is 478. The quantitative estimate of drug-likeness (QED) is 0.899. The standard InChI is InChI=1S/C15H21NO3/c1-4-15(18)9-16(10-15)14(17)8-19-13-6-5-11(2)7-12(13)3/h5-7,18H,4,8-10H2,1-3H3. The number of nitrogens with zero attached hydrogens (tertiary/aromatic N) is 1. The maximum atomic E-state index is 11.9. The van der Waals surface area contributed by atoms with Crippen molar-refractivity contribution in [2.45, 2.75) is 32.8 Å². The first-order valence-corrected chi connectivity index (χ1v) is 6.64. The number of aryl methyl sites for hydroxylation is 2. The lowest BCUT2D eigenvalue weighted by Crippen LogP contribution is -2.63. The maximum absolute atomic E-state index is 11.9. The molecular weight excluding hydrogens is 242 g/mol. The SMILES string of the molecule is CCC1(O)CN(C(=O)COc2ccc(C)cc2C)C1. The van der Waals surface area contributed by atoms with Crippen molar-refractivity contribution in [3.8, 4) is 5.75 Å². The molecule has 1 aliphatic rings. The first-order chi connectivity index (χ1) is 8.93. The van der Waals surface area contributed by atoms with Crippen LogP contribution in [0.2, 0.25) is 0 Å². The number of ether oxygens (including phenoxy) is 1. The topological polar surface area (TPSA) is 49.8 Å². The monoisotopic (exact) mass is 263 g/mol. The van der Waals surface area contributed by atoms with Gasteiger partial charge in [0.1, 0.15) is 5.75 Å². The van der Waals surface area contributed by atoms with E-state index in [0.29, 0.717) is 19.5 Å². The van der Waals surface area contributed by atoms with Crippen LogP contribution >= 0.6 is 0 Å². The van der Waals surface area contributed by atoms with Gasteiger partial charge in [0.05, 0.1) is 18.7 Å². The van der Waals surface area contributed by atoms with Gasteiger partial charge >= 0.3 is 0 Å².